The van der Waals surface area contributed by atoms with E-state index in [9.17, 15) is 24.2 Å². The maximum atomic E-state index is 12.3. The largest absolute Gasteiger partial charge is 0.695 e. The van der Waals surface area contributed by atoms with E-state index >= 15 is 0 Å². The number of nitrogens with one attached hydrogen (secondary N) is 1. The van der Waals surface area contributed by atoms with Crippen molar-refractivity contribution >= 4 is 20.1 Å². The van der Waals surface area contributed by atoms with Crippen molar-refractivity contribution in [3.63, 3.8) is 0 Å². The van der Waals surface area contributed by atoms with Crippen molar-refractivity contribution in [1.82, 2.24) is 5.32 Å². The summed E-state index contributed by atoms with van der Waals surface area (Å²) in [4.78, 5) is 32.9. The number of imide groups is 1. The summed E-state index contributed by atoms with van der Waals surface area (Å²) in [5.41, 5.74) is 0. The molecule has 0 aliphatic carbocycles. The van der Waals surface area contributed by atoms with Crippen molar-refractivity contribution in [2.75, 3.05) is 13.2 Å². The van der Waals surface area contributed by atoms with E-state index in [0.29, 0.717) is 6.61 Å². The first-order valence-electron chi connectivity index (χ1n) is 11.7. The Balaban J connectivity index is 1.84. The highest BCUT2D eigenvalue weighted by molar-refractivity contribution is 7.32. The third kappa shape index (κ3) is 8.61. The van der Waals surface area contributed by atoms with E-state index < -0.39 is 57.0 Å². The molecule has 0 spiro atoms. The van der Waals surface area contributed by atoms with Gasteiger partial charge >= 0.3 is 8.25 Å². The van der Waals surface area contributed by atoms with Gasteiger partial charge in [-0.2, -0.15) is 0 Å². The lowest BCUT2D eigenvalue weighted by atomic mass is 9.93. The van der Waals surface area contributed by atoms with Gasteiger partial charge in [0.2, 0.25) is 11.8 Å². The highest BCUT2D eigenvalue weighted by Gasteiger charge is 2.54. The number of amides is 2. The third-order valence-electron chi connectivity index (χ3n) is 5.90. The van der Waals surface area contributed by atoms with Gasteiger partial charge in [-0.15, -0.1) is 9.42 Å². The zero-order chi connectivity index (χ0) is 23.3. The van der Waals surface area contributed by atoms with E-state index in [1.54, 1.807) is 0 Å². The molecule has 2 heterocycles. The van der Waals surface area contributed by atoms with Crippen LogP contribution in [0.25, 0.3) is 0 Å². The lowest BCUT2D eigenvalue weighted by Crippen LogP contribution is -2.47. The summed E-state index contributed by atoms with van der Waals surface area (Å²) in [7, 11) is -2.95. The minimum atomic E-state index is -2.95. The Kier molecular flexibility index (Phi) is 12.5. The van der Waals surface area contributed by atoms with Crippen molar-refractivity contribution in [2.45, 2.75) is 95.5 Å². The molecule has 32 heavy (non-hydrogen) atoms. The molecule has 9 nitrogen and oxygen atoms in total. The van der Waals surface area contributed by atoms with Crippen LogP contribution in [0.3, 0.4) is 0 Å². The van der Waals surface area contributed by atoms with Gasteiger partial charge in [-0.1, -0.05) is 70.8 Å². The van der Waals surface area contributed by atoms with E-state index in [0.717, 1.165) is 19.3 Å². The molecule has 0 aromatic rings. The average Bonchev–Trinajstić information content (AvgIpc) is 3.08. The zero-order valence-corrected chi connectivity index (χ0v) is 19.7. The Labute approximate surface area is 190 Å². The van der Waals surface area contributed by atoms with Gasteiger partial charge < -0.3 is 14.6 Å². The Bertz CT molecular complexity index is 643. The lowest BCUT2D eigenvalue weighted by Gasteiger charge is -2.26. The van der Waals surface area contributed by atoms with Crippen LogP contribution in [0.4, 0.5) is 0 Å². The first-order valence-corrected chi connectivity index (χ1v) is 12.8. The van der Waals surface area contributed by atoms with Crippen LogP contribution in [0.2, 0.25) is 0 Å². The molecule has 2 aliphatic heterocycles. The van der Waals surface area contributed by atoms with Gasteiger partial charge in [0.15, 0.2) is 6.10 Å². The molecule has 2 aliphatic rings. The third-order valence-corrected chi connectivity index (χ3v) is 6.33. The predicted octanol–water partition coefficient (Wildman–Crippen LogP) is 2.92. The highest BCUT2D eigenvalue weighted by atomic mass is 31.1. The summed E-state index contributed by atoms with van der Waals surface area (Å²) in [6.07, 6.45) is 10.9. The molecule has 0 radical (unpaired) electrons. The number of carbonyl (C=O) groups is 2. The molecule has 0 bridgehead atoms. The number of hydrogen-bond acceptors (Lipinski definition) is 7. The standard InChI is InChI=1S/C22H36NO8P/c1-2-3-4-5-6-7-8-9-10-11-14-29-21-19(16-12-13-18(25)23-22(16)26)30-17(15-24)20(21)31-32(27)28/h12-13,16-17,19-21,24H,2-11,14-15H2,1H3,(H-,23,25,26,27,28)/p+1/t16?,17-,19+,20?,21-/m1/s1. The second-order valence-corrected chi connectivity index (χ2v) is 9.07. The van der Waals surface area contributed by atoms with Crippen molar-refractivity contribution in [3.8, 4) is 0 Å². The topological polar surface area (TPSA) is 131 Å². The second kappa shape index (κ2) is 14.8. The minimum absolute atomic E-state index is 0.373. The molecule has 0 aromatic carbocycles. The molecule has 1 fully saturated rings. The van der Waals surface area contributed by atoms with Gasteiger partial charge in [0.05, 0.1) is 12.5 Å². The molecule has 0 aromatic heterocycles. The molecule has 6 atom stereocenters. The van der Waals surface area contributed by atoms with Gasteiger partial charge in [0.1, 0.15) is 18.3 Å². The van der Waals surface area contributed by atoms with E-state index in [1.165, 1.54) is 57.1 Å². The van der Waals surface area contributed by atoms with Gasteiger partial charge in [0.25, 0.3) is 0 Å². The molecule has 0 saturated carbocycles. The highest BCUT2D eigenvalue weighted by Crippen LogP contribution is 2.36. The fraction of sp³-hybridized carbons (Fsp3) is 0.818. The Hall–Kier alpha value is -1.22. The monoisotopic (exact) mass is 474 g/mol. The summed E-state index contributed by atoms with van der Waals surface area (Å²) in [5, 5.41) is 11.9. The molecule has 3 unspecified atom stereocenters. The van der Waals surface area contributed by atoms with Crippen molar-refractivity contribution in [1.29, 1.82) is 0 Å². The maximum Gasteiger partial charge on any atom is 0.695 e. The quantitative estimate of drug-likeness (QED) is 0.177. The first kappa shape index (κ1) is 27.0. The number of aliphatic hydroxyl groups excluding tert-OH is 1. The maximum absolute atomic E-state index is 12.3. The molecule has 3 N–H and O–H groups in total. The van der Waals surface area contributed by atoms with E-state index in [4.69, 9.17) is 14.0 Å². The van der Waals surface area contributed by atoms with Crippen LogP contribution in [0.5, 0.6) is 0 Å². The summed E-state index contributed by atoms with van der Waals surface area (Å²) < 4.78 is 28.1. The minimum Gasteiger partial charge on any atom is -0.394 e. The van der Waals surface area contributed by atoms with Crippen molar-refractivity contribution in [2.24, 2.45) is 5.92 Å². The first-order chi connectivity index (χ1) is 15.5. The molecular formula is C22H37NO8P+. The number of rotatable bonds is 16. The van der Waals surface area contributed by atoms with Crippen LogP contribution in [-0.4, -0.2) is 59.4 Å². The molecule has 2 rings (SSSR count). The number of ether oxygens (including phenoxy) is 2. The van der Waals surface area contributed by atoms with Crippen molar-refractivity contribution in [3.05, 3.63) is 12.2 Å². The summed E-state index contributed by atoms with van der Waals surface area (Å²) in [6.45, 7) is 2.13. The number of carbonyl (C=O) groups excluding carboxylic acids is 2. The molecule has 182 valence electrons. The van der Waals surface area contributed by atoms with Gasteiger partial charge in [-0.25, -0.2) is 0 Å². The lowest BCUT2D eigenvalue weighted by molar-refractivity contribution is -0.136. The van der Waals surface area contributed by atoms with Gasteiger partial charge in [-0.05, 0) is 6.42 Å². The molecule has 2 amide bonds. The number of aliphatic hydroxyl groups is 1. The Morgan fingerprint density at radius 3 is 2.22 bits per heavy atom. The zero-order valence-electron chi connectivity index (χ0n) is 18.8. The summed E-state index contributed by atoms with van der Waals surface area (Å²) in [6, 6.07) is 0. The van der Waals surface area contributed by atoms with Crippen LogP contribution in [0, 0.1) is 5.92 Å². The fourth-order valence-corrected chi connectivity index (χ4v) is 4.67. The van der Waals surface area contributed by atoms with Crippen LogP contribution in [0.15, 0.2) is 12.2 Å². The number of unbranched alkanes of at least 4 members (excludes halogenated alkanes) is 9. The second-order valence-electron chi connectivity index (χ2n) is 8.39. The van der Waals surface area contributed by atoms with E-state index in [1.807, 2.05) is 0 Å². The van der Waals surface area contributed by atoms with Gasteiger partial charge in [0, 0.05) is 17.2 Å². The average molecular weight is 475 g/mol. The fourth-order valence-electron chi connectivity index (χ4n) is 4.21. The van der Waals surface area contributed by atoms with E-state index in [-0.39, 0.29) is 0 Å². The van der Waals surface area contributed by atoms with Crippen LogP contribution in [0.1, 0.15) is 71.1 Å². The van der Waals surface area contributed by atoms with Crippen LogP contribution in [-0.2, 0) is 28.2 Å². The molecular weight excluding hydrogens is 437 g/mol. The van der Waals surface area contributed by atoms with Crippen LogP contribution < -0.4 is 5.32 Å². The van der Waals surface area contributed by atoms with E-state index in [2.05, 4.69) is 12.2 Å². The van der Waals surface area contributed by atoms with Crippen molar-refractivity contribution < 1.29 is 38.2 Å². The van der Waals surface area contributed by atoms with Crippen LogP contribution >= 0.6 is 8.25 Å². The summed E-state index contributed by atoms with van der Waals surface area (Å²) in [5.74, 6) is -1.89. The SMILES string of the molecule is CCCCCCCCCCCCO[C@H]1C(O[P+](=O)O)[C@@H](CO)O[C@H]1C1C=CC(=O)NC1=O. The Morgan fingerprint density at radius 2 is 1.66 bits per heavy atom. The summed E-state index contributed by atoms with van der Waals surface area (Å²) >= 11 is 0. The molecule has 10 heteroatoms. The molecule has 1 saturated heterocycles. The smallest absolute Gasteiger partial charge is 0.394 e. The Morgan fingerprint density at radius 1 is 1.03 bits per heavy atom. The van der Waals surface area contributed by atoms with Gasteiger partial charge in [-0.3, -0.25) is 14.9 Å². The normalized spacial score (nSPS) is 28.2. The number of hydrogen-bond donors (Lipinski definition) is 3. The predicted molar refractivity (Wildman–Crippen MR) is 118 cm³/mol.